The Kier molecular flexibility index (Phi) is 8.15. The standard InChI is InChI=1S/C24H30N2O5/c1-3-19-9-4-5-10-20(19)30-17-23(27)25-13-8-14-26(16-15-25)24(28)18-31-22-12-7-6-11-21(22)29-2/h4-7,9-12H,3,8,13-18H2,1-2H3. The molecule has 0 aromatic heterocycles. The number of carbonyl (C=O) groups excluding carboxylic acids is 2. The highest BCUT2D eigenvalue weighted by Gasteiger charge is 2.23. The van der Waals surface area contributed by atoms with Gasteiger partial charge < -0.3 is 24.0 Å². The molecule has 1 saturated heterocycles. The quantitative estimate of drug-likeness (QED) is 0.649. The smallest absolute Gasteiger partial charge is 0.260 e. The van der Waals surface area contributed by atoms with Crippen LogP contribution in [0.1, 0.15) is 18.9 Å². The van der Waals surface area contributed by atoms with Crippen LogP contribution in [-0.2, 0) is 16.0 Å². The van der Waals surface area contributed by atoms with E-state index in [1.807, 2.05) is 36.4 Å². The van der Waals surface area contributed by atoms with Crippen LogP contribution in [0.5, 0.6) is 17.2 Å². The van der Waals surface area contributed by atoms with Crippen molar-refractivity contribution < 1.29 is 23.8 Å². The highest BCUT2D eigenvalue weighted by atomic mass is 16.5. The Hall–Kier alpha value is -3.22. The Morgan fingerprint density at radius 3 is 1.87 bits per heavy atom. The largest absolute Gasteiger partial charge is 0.493 e. The SMILES string of the molecule is CCc1ccccc1OCC(=O)N1CCCN(C(=O)COc2ccccc2OC)CC1. The molecule has 0 N–H and O–H groups in total. The van der Waals surface area contributed by atoms with Gasteiger partial charge in [-0.15, -0.1) is 0 Å². The number of ether oxygens (including phenoxy) is 3. The first kappa shape index (κ1) is 22.5. The molecule has 1 aliphatic heterocycles. The lowest BCUT2D eigenvalue weighted by molar-refractivity contribution is -0.135. The highest BCUT2D eigenvalue weighted by molar-refractivity contribution is 5.79. The van der Waals surface area contributed by atoms with Crippen LogP contribution in [0, 0.1) is 0 Å². The minimum atomic E-state index is -0.103. The fourth-order valence-corrected chi connectivity index (χ4v) is 3.55. The number of nitrogens with zero attached hydrogens (tertiary/aromatic N) is 2. The molecule has 0 atom stereocenters. The second-order valence-corrected chi connectivity index (χ2v) is 7.30. The fraction of sp³-hybridized carbons (Fsp3) is 0.417. The zero-order chi connectivity index (χ0) is 22.1. The molecule has 1 aliphatic rings. The van der Waals surface area contributed by atoms with E-state index in [4.69, 9.17) is 14.2 Å². The molecule has 166 valence electrons. The number of carbonyl (C=O) groups is 2. The number of methoxy groups -OCH3 is 1. The van der Waals surface area contributed by atoms with Gasteiger partial charge in [0.05, 0.1) is 7.11 Å². The van der Waals surface area contributed by atoms with Crippen LogP contribution >= 0.6 is 0 Å². The Morgan fingerprint density at radius 2 is 1.29 bits per heavy atom. The monoisotopic (exact) mass is 426 g/mol. The molecule has 31 heavy (non-hydrogen) atoms. The highest BCUT2D eigenvalue weighted by Crippen LogP contribution is 2.25. The molecular formula is C24H30N2O5. The van der Waals surface area contributed by atoms with Crippen LogP contribution in [0.4, 0.5) is 0 Å². The summed E-state index contributed by atoms with van der Waals surface area (Å²) in [6.45, 7) is 4.16. The lowest BCUT2D eigenvalue weighted by atomic mass is 10.1. The van der Waals surface area contributed by atoms with Crippen molar-refractivity contribution in [1.82, 2.24) is 9.80 Å². The molecule has 0 aliphatic carbocycles. The summed E-state index contributed by atoms with van der Waals surface area (Å²) < 4.78 is 16.7. The molecular weight excluding hydrogens is 396 g/mol. The van der Waals surface area contributed by atoms with Gasteiger partial charge in [-0.2, -0.15) is 0 Å². The molecule has 1 heterocycles. The molecule has 0 radical (unpaired) electrons. The lowest BCUT2D eigenvalue weighted by Crippen LogP contribution is -2.40. The predicted octanol–water partition coefficient (Wildman–Crippen LogP) is 2.78. The third-order valence-corrected chi connectivity index (χ3v) is 5.33. The topological polar surface area (TPSA) is 68.3 Å². The van der Waals surface area contributed by atoms with E-state index in [0.29, 0.717) is 37.7 Å². The van der Waals surface area contributed by atoms with E-state index < -0.39 is 0 Å². The molecule has 2 amide bonds. The average molecular weight is 427 g/mol. The minimum Gasteiger partial charge on any atom is -0.493 e. The average Bonchev–Trinajstić information content (AvgIpc) is 3.08. The third kappa shape index (κ3) is 6.13. The molecule has 7 heteroatoms. The van der Waals surface area contributed by atoms with Crippen molar-refractivity contribution in [3.8, 4) is 17.2 Å². The first-order chi connectivity index (χ1) is 15.1. The van der Waals surface area contributed by atoms with Crippen LogP contribution in [0.25, 0.3) is 0 Å². The van der Waals surface area contributed by atoms with E-state index in [2.05, 4.69) is 6.92 Å². The number of hydrogen-bond acceptors (Lipinski definition) is 5. The first-order valence-electron chi connectivity index (χ1n) is 10.6. The van der Waals surface area contributed by atoms with Gasteiger partial charge in [-0.1, -0.05) is 37.3 Å². The number of aryl methyl sites for hydroxylation is 1. The third-order valence-electron chi connectivity index (χ3n) is 5.33. The molecule has 7 nitrogen and oxygen atoms in total. The van der Waals surface area contributed by atoms with Gasteiger partial charge in [0, 0.05) is 26.2 Å². The van der Waals surface area contributed by atoms with Gasteiger partial charge in [0.15, 0.2) is 24.7 Å². The Bertz CT molecular complexity index is 814. The molecule has 2 aromatic carbocycles. The molecule has 0 saturated carbocycles. The van der Waals surface area contributed by atoms with E-state index in [-0.39, 0.29) is 25.0 Å². The molecule has 0 bridgehead atoms. The van der Waals surface area contributed by atoms with Gasteiger partial charge in [0.25, 0.3) is 11.8 Å². The van der Waals surface area contributed by atoms with Gasteiger partial charge in [-0.25, -0.2) is 0 Å². The van der Waals surface area contributed by atoms with Crippen molar-refractivity contribution in [3.63, 3.8) is 0 Å². The fourth-order valence-electron chi connectivity index (χ4n) is 3.55. The summed E-state index contributed by atoms with van der Waals surface area (Å²) in [7, 11) is 1.56. The van der Waals surface area contributed by atoms with Crippen LogP contribution in [0.2, 0.25) is 0 Å². The summed E-state index contributed by atoms with van der Waals surface area (Å²) in [5.41, 5.74) is 1.08. The number of amides is 2. The van der Waals surface area contributed by atoms with Gasteiger partial charge in [0.1, 0.15) is 5.75 Å². The number of para-hydroxylation sites is 3. The van der Waals surface area contributed by atoms with Crippen molar-refractivity contribution in [2.24, 2.45) is 0 Å². The Labute approximate surface area is 183 Å². The van der Waals surface area contributed by atoms with Gasteiger partial charge in [0.2, 0.25) is 0 Å². The maximum atomic E-state index is 12.6. The summed E-state index contributed by atoms with van der Waals surface area (Å²) in [6.07, 6.45) is 1.57. The zero-order valence-electron chi connectivity index (χ0n) is 18.2. The van der Waals surface area contributed by atoms with Gasteiger partial charge >= 0.3 is 0 Å². The van der Waals surface area contributed by atoms with Gasteiger partial charge in [-0.3, -0.25) is 9.59 Å². The van der Waals surface area contributed by atoms with Crippen molar-refractivity contribution >= 4 is 11.8 Å². The zero-order valence-corrected chi connectivity index (χ0v) is 18.2. The van der Waals surface area contributed by atoms with Crippen molar-refractivity contribution in [2.75, 3.05) is 46.5 Å². The van der Waals surface area contributed by atoms with Crippen LogP contribution < -0.4 is 14.2 Å². The van der Waals surface area contributed by atoms with Crippen LogP contribution in [-0.4, -0.2) is 68.1 Å². The second-order valence-electron chi connectivity index (χ2n) is 7.30. The van der Waals surface area contributed by atoms with Crippen LogP contribution in [0.3, 0.4) is 0 Å². The van der Waals surface area contributed by atoms with E-state index in [0.717, 1.165) is 24.2 Å². The maximum Gasteiger partial charge on any atom is 0.260 e. The minimum absolute atomic E-state index is 0.00186. The number of hydrogen-bond donors (Lipinski definition) is 0. The van der Waals surface area contributed by atoms with E-state index >= 15 is 0 Å². The van der Waals surface area contributed by atoms with E-state index in [9.17, 15) is 9.59 Å². The molecule has 0 spiro atoms. The predicted molar refractivity (Wildman–Crippen MR) is 118 cm³/mol. The molecule has 3 rings (SSSR count). The van der Waals surface area contributed by atoms with Crippen molar-refractivity contribution in [2.45, 2.75) is 19.8 Å². The van der Waals surface area contributed by atoms with Crippen molar-refractivity contribution in [1.29, 1.82) is 0 Å². The summed E-state index contributed by atoms with van der Waals surface area (Å²) in [6, 6.07) is 15.0. The molecule has 2 aromatic rings. The summed E-state index contributed by atoms with van der Waals surface area (Å²) in [5.74, 6) is 1.71. The summed E-state index contributed by atoms with van der Waals surface area (Å²) in [4.78, 5) is 28.8. The van der Waals surface area contributed by atoms with E-state index in [1.54, 1.807) is 29.0 Å². The normalized spacial score (nSPS) is 14.0. The number of benzene rings is 2. The second kappa shape index (κ2) is 11.2. The van der Waals surface area contributed by atoms with Crippen molar-refractivity contribution in [3.05, 3.63) is 54.1 Å². The van der Waals surface area contributed by atoms with Gasteiger partial charge in [-0.05, 0) is 36.6 Å². The first-order valence-corrected chi connectivity index (χ1v) is 10.6. The molecule has 1 fully saturated rings. The lowest BCUT2D eigenvalue weighted by Gasteiger charge is -2.22. The molecule has 0 unspecified atom stereocenters. The summed E-state index contributed by atoms with van der Waals surface area (Å²) >= 11 is 0. The summed E-state index contributed by atoms with van der Waals surface area (Å²) in [5, 5.41) is 0. The Balaban J connectivity index is 1.48. The maximum absolute atomic E-state index is 12.6. The Morgan fingerprint density at radius 1 is 0.774 bits per heavy atom. The van der Waals surface area contributed by atoms with E-state index in [1.165, 1.54) is 0 Å². The number of rotatable bonds is 8. The van der Waals surface area contributed by atoms with Crippen LogP contribution in [0.15, 0.2) is 48.5 Å².